The van der Waals surface area contributed by atoms with Crippen LogP contribution in [0.2, 0.25) is 0 Å². The molecular formula is C14H19BrO2. The zero-order valence-corrected chi connectivity index (χ0v) is 12.0. The first kappa shape index (κ1) is 13.1. The lowest BCUT2D eigenvalue weighted by Crippen LogP contribution is -2.32. The van der Waals surface area contributed by atoms with Gasteiger partial charge in [0.2, 0.25) is 0 Å². The molecule has 17 heavy (non-hydrogen) atoms. The van der Waals surface area contributed by atoms with E-state index in [-0.39, 0.29) is 11.9 Å². The largest absolute Gasteiger partial charge is 0.353 e. The van der Waals surface area contributed by atoms with Gasteiger partial charge in [-0.25, -0.2) is 0 Å². The van der Waals surface area contributed by atoms with Crippen LogP contribution in [0, 0.1) is 0 Å². The maximum absolute atomic E-state index is 6.09. The number of ether oxygens (including phenoxy) is 2. The van der Waals surface area contributed by atoms with Crippen molar-refractivity contribution in [3.05, 3.63) is 34.3 Å². The Morgan fingerprint density at radius 3 is 2.71 bits per heavy atom. The Morgan fingerprint density at radius 1 is 1.29 bits per heavy atom. The molecule has 0 bridgehead atoms. The van der Waals surface area contributed by atoms with Crippen molar-refractivity contribution in [1.82, 2.24) is 0 Å². The van der Waals surface area contributed by atoms with Gasteiger partial charge in [0, 0.05) is 11.1 Å². The zero-order valence-electron chi connectivity index (χ0n) is 10.4. The standard InChI is InChI=1S/C14H19BrO2/c1-14(2,11-7-3-4-8-12(11)15)17-13-9-5-6-10-16-13/h3-4,7-8,13H,5-6,9-10H2,1-2H3/t13-/m1/s1. The van der Waals surface area contributed by atoms with Crippen molar-refractivity contribution < 1.29 is 9.47 Å². The quantitative estimate of drug-likeness (QED) is 0.831. The molecule has 1 heterocycles. The van der Waals surface area contributed by atoms with Crippen LogP contribution in [0.25, 0.3) is 0 Å². The molecule has 3 heteroatoms. The van der Waals surface area contributed by atoms with E-state index in [1.165, 1.54) is 6.42 Å². The van der Waals surface area contributed by atoms with Gasteiger partial charge in [0.1, 0.15) is 0 Å². The van der Waals surface area contributed by atoms with Crippen molar-refractivity contribution >= 4 is 15.9 Å². The summed E-state index contributed by atoms with van der Waals surface area (Å²) in [7, 11) is 0. The fraction of sp³-hybridized carbons (Fsp3) is 0.571. The molecule has 0 saturated carbocycles. The Kier molecular flexibility index (Phi) is 4.23. The van der Waals surface area contributed by atoms with Crippen molar-refractivity contribution in [1.29, 1.82) is 0 Å². The van der Waals surface area contributed by atoms with Gasteiger partial charge in [0.05, 0.1) is 5.60 Å². The summed E-state index contributed by atoms with van der Waals surface area (Å²) in [6, 6.07) is 8.18. The Hall–Kier alpha value is -0.380. The maximum atomic E-state index is 6.09. The van der Waals surface area contributed by atoms with Crippen LogP contribution in [0.3, 0.4) is 0 Å². The fourth-order valence-electron chi connectivity index (χ4n) is 2.15. The van der Waals surface area contributed by atoms with Gasteiger partial charge in [-0.15, -0.1) is 0 Å². The number of hydrogen-bond donors (Lipinski definition) is 0. The van der Waals surface area contributed by atoms with Gasteiger partial charge in [-0.3, -0.25) is 0 Å². The van der Waals surface area contributed by atoms with Crippen LogP contribution in [0.1, 0.15) is 38.7 Å². The maximum Gasteiger partial charge on any atom is 0.158 e. The van der Waals surface area contributed by atoms with Crippen molar-refractivity contribution in [3.63, 3.8) is 0 Å². The van der Waals surface area contributed by atoms with Crippen LogP contribution < -0.4 is 0 Å². The van der Waals surface area contributed by atoms with Crippen LogP contribution in [0.15, 0.2) is 28.7 Å². The Labute approximate surface area is 111 Å². The average Bonchev–Trinajstić information content (AvgIpc) is 2.30. The van der Waals surface area contributed by atoms with Crippen LogP contribution in [-0.2, 0) is 15.1 Å². The molecule has 1 saturated heterocycles. The number of rotatable bonds is 3. The highest BCUT2D eigenvalue weighted by atomic mass is 79.9. The molecule has 1 fully saturated rings. The molecule has 2 nitrogen and oxygen atoms in total. The molecule has 1 aromatic rings. The molecule has 0 radical (unpaired) electrons. The summed E-state index contributed by atoms with van der Waals surface area (Å²) in [6.45, 7) is 4.99. The molecule has 1 aliphatic heterocycles. The molecule has 0 aromatic heterocycles. The third-order valence-electron chi connectivity index (χ3n) is 3.09. The van der Waals surface area contributed by atoms with E-state index in [4.69, 9.17) is 9.47 Å². The van der Waals surface area contributed by atoms with Crippen LogP contribution in [-0.4, -0.2) is 12.9 Å². The Morgan fingerprint density at radius 2 is 2.06 bits per heavy atom. The third kappa shape index (κ3) is 3.30. The number of hydrogen-bond acceptors (Lipinski definition) is 2. The summed E-state index contributed by atoms with van der Waals surface area (Å²) in [5.74, 6) is 0. The summed E-state index contributed by atoms with van der Waals surface area (Å²) in [4.78, 5) is 0. The SMILES string of the molecule is CC(C)(O[C@@H]1CCCCO1)c1ccccc1Br. The van der Waals surface area contributed by atoms with E-state index in [0.29, 0.717) is 0 Å². The molecule has 0 aliphatic carbocycles. The molecule has 0 amide bonds. The minimum Gasteiger partial charge on any atom is -0.353 e. The van der Waals surface area contributed by atoms with Gasteiger partial charge < -0.3 is 9.47 Å². The molecule has 0 spiro atoms. The predicted octanol–water partition coefficient (Wildman–Crippen LogP) is 4.23. The lowest BCUT2D eigenvalue weighted by atomic mass is 9.98. The monoisotopic (exact) mass is 298 g/mol. The van der Waals surface area contributed by atoms with Crippen molar-refractivity contribution in [2.75, 3.05) is 6.61 Å². The molecule has 1 aliphatic rings. The van der Waals surface area contributed by atoms with E-state index < -0.39 is 0 Å². The summed E-state index contributed by atoms with van der Waals surface area (Å²) in [6.07, 6.45) is 3.27. The summed E-state index contributed by atoms with van der Waals surface area (Å²) >= 11 is 3.58. The summed E-state index contributed by atoms with van der Waals surface area (Å²) < 4.78 is 12.8. The predicted molar refractivity (Wildman–Crippen MR) is 71.8 cm³/mol. The lowest BCUT2D eigenvalue weighted by molar-refractivity contribution is -0.219. The van der Waals surface area contributed by atoms with Crippen molar-refractivity contribution in [2.24, 2.45) is 0 Å². The van der Waals surface area contributed by atoms with E-state index in [0.717, 1.165) is 29.5 Å². The Balaban J connectivity index is 2.10. The first-order chi connectivity index (χ1) is 8.09. The lowest BCUT2D eigenvalue weighted by Gasteiger charge is -2.33. The molecule has 2 rings (SSSR count). The topological polar surface area (TPSA) is 18.5 Å². The zero-order chi connectivity index (χ0) is 12.3. The first-order valence-electron chi connectivity index (χ1n) is 6.14. The number of benzene rings is 1. The second-order valence-electron chi connectivity index (χ2n) is 4.90. The van der Waals surface area contributed by atoms with Gasteiger partial charge in [-0.1, -0.05) is 34.1 Å². The second kappa shape index (κ2) is 5.51. The molecular weight excluding hydrogens is 280 g/mol. The van der Waals surface area contributed by atoms with Gasteiger partial charge in [-0.05, 0) is 44.7 Å². The van der Waals surface area contributed by atoms with E-state index in [1.54, 1.807) is 0 Å². The van der Waals surface area contributed by atoms with Crippen LogP contribution in [0.5, 0.6) is 0 Å². The van der Waals surface area contributed by atoms with Crippen molar-refractivity contribution in [3.8, 4) is 0 Å². The third-order valence-corrected chi connectivity index (χ3v) is 3.78. The van der Waals surface area contributed by atoms with Crippen LogP contribution >= 0.6 is 15.9 Å². The number of halogens is 1. The smallest absolute Gasteiger partial charge is 0.158 e. The molecule has 1 aromatic carbocycles. The van der Waals surface area contributed by atoms with E-state index in [9.17, 15) is 0 Å². The highest BCUT2D eigenvalue weighted by Crippen LogP contribution is 2.33. The fourth-order valence-corrected chi connectivity index (χ4v) is 2.91. The van der Waals surface area contributed by atoms with Gasteiger partial charge in [0.15, 0.2) is 6.29 Å². The highest BCUT2D eigenvalue weighted by molar-refractivity contribution is 9.10. The van der Waals surface area contributed by atoms with Gasteiger partial charge >= 0.3 is 0 Å². The van der Waals surface area contributed by atoms with Crippen molar-refractivity contribution in [2.45, 2.75) is 45.0 Å². The minimum atomic E-state index is -0.331. The summed E-state index contributed by atoms with van der Waals surface area (Å²) in [5.41, 5.74) is 0.830. The normalized spacial score (nSPS) is 21.5. The molecule has 94 valence electrons. The molecule has 0 N–H and O–H groups in total. The van der Waals surface area contributed by atoms with Crippen LogP contribution in [0.4, 0.5) is 0 Å². The Bertz CT molecular complexity index is 370. The minimum absolute atomic E-state index is 0.0640. The molecule has 0 unspecified atom stereocenters. The second-order valence-corrected chi connectivity index (χ2v) is 5.76. The van der Waals surface area contributed by atoms with Gasteiger partial charge in [0.25, 0.3) is 0 Å². The first-order valence-corrected chi connectivity index (χ1v) is 6.93. The highest BCUT2D eigenvalue weighted by Gasteiger charge is 2.28. The van der Waals surface area contributed by atoms with E-state index >= 15 is 0 Å². The molecule has 1 atom stereocenters. The average molecular weight is 299 g/mol. The van der Waals surface area contributed by atoms with E-state index in [1.807, 2.05) is 18.2 Å². The van der Waals surface area contributed by atoms with Gasteiger partial charge in [-0.2, -0.15) is 0 Å². The van der Waals surface area contributed by atoms with E-state index in [2.05, 4.69) is 35.8 Å². The summed E-state index contributed by atoms with van der Waals surface area (Å²) in [5, 5.41) is 0.